The number of nitrogens with one attached hydrogen (secondary N) is 1. The normalized spacial score (nSPS) is 8.08. The van der Waals surface area contributed by atoms with Gasteiger partial charge in [-0.2, -0.15) is 10.4 Å². The maximum atomic E-state index is 10.1. The second-order valence-corrected chi connectivity index (χ2v) is 2.14. The molecule has 0 aliphatic carbocycles. The third kappa shape index (κ3) is 3.35. The summed E-state index contributed by atoms with van der Waals surface area (Å²) in [6.45, 7) is 0. The van der Waals surface area contributed by atoms with Crippen LogP contribution in [0, 0.1) is 11.3 Å². The molecular weight excluding hydrogens is 172 g/mol. The van der Waals surface area contributed by atoms with E-state index in [2.05, 4.69) is 10.2 Å². The Labute approximate surface area is 75.2 Å². The molecule has 0 saturated heterocycles. The number of nitrogens with two attached hydrogens (primary N) is 1. The van der Waals surface area contributed by atoms with Crippen LogP contribution in [0.5, 0.6) is 0 Å². The molecule has 0 aliphatic heterocycles. The second-order valence-electron chi connectivity index (χ2n) is 2.14. The number of hydrogen-bond acceptors (Lipinski definition) is 4. The standard InChI is InChI=1S/C5H3N3O2.C2H7N/c6-1-3-2-7-8-4(3)5(9)10;1-3-2/h2H,(H,7,8)(H,9,10);3H,1-2H3. The van der Waals surface area contributed by atoms with Crippen LogP contribution in [-0.2, 0) is 0 Å². The number of H-pyrrole nitrogens is 1. The van der Waals surface area contributed by atoms with Gasteiger partial charge < -0.3 is 15.2 Å². The molecule has 6 heteroatoms. The number of rotatable bonds is 1. The highest BCUT2D eigenvalue weighted by Gasteiger charge is 2.02. The zero-order chi connectivity index (χ0) is 10.3. The van der Waals surface area contributed by atoms with E-state index < -0.39 is 5.97 Å². The molecule has 70 valence electrons. The Kier molecular flexibility index (Phi) is 4.91. The first-order valence-electron chi connectivity index (χ1n) is 3.56. The quantitative estimate of drug-likeness (QED) is 0.498. The molecule has 1 aromatic heterocycles. The number of hydrogen-bond donors (Lipinski definition) is 2. The Balaban J connectivity index is 0.000000424. The molecule has 0 amide bonds. The van der Waals surface area contributed by atoms with Crippen molar-refractivity contribution in [3.05, 3.63) is 17.5 Å². The summed E-state index contributed by atoms with van der Waals surface area (Å²) in [5.41, 5.74) is -0.289. The summed E-state index contributed by atoms with van der Waals surface area (Å²) in [4.78, 5) is 10.1. The van der Waals surface area contributed by atoms with Gasteiger partial charge in [0.15, 0.2) is 0 Å². The van der Waals surface area contributed by atoms with Crippen molar-refractivity contribution in [2.75, 3.05) is 14.1 Å². The van der Waals surface area contributed by atoms with Gasteiger partial charge in [0.2, 0.25) is 0 Å². The number of carbonyl (C=O) groups is 1. The first-order chi connectivity index (χ1) is 6.17. The highest BCUT2D eigenvalue weighted by molar-refractivity contribution is 5.86. The van der Waals surface area contributed by atoms with Gasteiger partial charge in [0.1, 0.15) is 6.07 Å². The number of nitrogens with zero attached hydrogens (tertiary/aromatic N) is 2. The summed E-state index contributed by atoms with van der Waals surface area (Å²) in [6, 6.07) is 1.64. The monoisotopic (exact) mass is 182 g/mol. The van der Waals surface area contributed by atoms with Crippen molar-refractivity contribution in [2.45, 2.75) is 0 Å². The highest BCUT2D eigenvalue weighted by atomic mass is 16.4. The van der Waals surface area contributed by atoms with Crippen LogP contribution in [0.2, 0.25) is 0 Å². The summed E-state index contributed by atoms with van der Waals surface area (Å²) in [5, 5.41) is 25.8. The topological polar surface area (TPSA) is 109 Å². The smallest absolute Gasteiger partial charge is 0.103 e. The van der Waals surface area contributed by atoms with Crippen molar-refractivity contribution in [3.8, 4) is 6.07 Å². The third-order valence-corrected chi connectivity index (χ3v) is 0.964. The van der Waals surface area contributed by atoms with E-state index in [1.165, 1.54) is 0 Å². The van der Waals surface area contributed by atoms with Crippen LogP contribution >= 0.6 is 0 Å². The molecule has 0 radical (unpaired) electrons. The van der Waals surface area contributed by atoms with Crippen LogP contribution in [0.25, 0.3) is 0 Å². The van der Waals surface area contributed by atoms with Gasteiger partial charge in [0, 0.05) is 0 Å². The van der Waals surface area contributed by atoms with E-state index in [4.69, 9.17) is 5.26 Å². The van der Waals surface area contributed by atoms with Crippen molar-refractivity contribution in [2.24, 2.45) is 0 Å². The number of carboxylic acid groups (broad SMARTS) is 1. The predicted molar refractivity (Wildman–Crippen MR) is 41.4 cm³/mol. The van der Waals surface area contributed by atoms with Crippen molar-refractivity contribution in [1.29, 1.82) is 5.26 Å². The van der Waals surface area contributed by atoms with Crippen LogP contribution in [0.1, 0.15) is 16.1 Å². The number of nitriles is 1. The van der Waals surface area contributed by atoms with Gasteiger partial charge >= 0.3 is 0 Å². The van der Waals surface area contributed by atoms with Gasteiger partial charge in [0.05, 0.1) is 37.5 Å². The Bertz CT molecular complexity index is 313. The molecular formula is C7H10N4O2. The average molecular weight is 182 g/mol. The zero-order valence-corrected chi connectivity index (χ0v) is 7.37. The molecule has 0 aliphatic rings. The second kappa shape index (κ2) is 5.74. The number of aromatic nitrogens is 2. The summed E-state index contributed by atoms with van der Waals surface area (Å²) < 4.78 is 0. The Morgan fingerprint density at radius 1 is 1.77 bits per heavy atom. The molecule has 0 atom stereocenters. The Morgan fingerprint density at radius 2 is 2.31 bits per heavy atom. The molecule has 0 saturated carbocycles. The van der Waals surface area contributed by atoms with Crippen LogP contribution in [0.3, 0.4) is 0 Å². The van der Waals surface area contributed by atoms with Crippen LogP contribution in [-0.4, -0.2) is 30.3 Å². The van der Waals surface area contributed by atoms with Gasteiger partial charge in [-0.1, -0.05) is 0 Å². The molecule has 1 heterocycles. The molecule has 6 nitrogen and oxygen atoms in total. The minimum atomic E-state index is -1.42. The number of quaternary nitrogens is 1. The lowest BCUT2D eigenvalue weighted by Crippen LogP contribution is -2.74. The van der Waals surface area contributed by atoms with Gasteiger partial charge in [-0.15, -0.1) is 0 Å². The third-order valence-electron chi connectivity index (χ3n) is 0.964. The largest absolute Gasteiger partial charge is 0.543 e. The van der Waals surface area contributed by atoms with Gasteiger partial charge in [-0.05, 0) is 0 Å². The van der Waals surface area contributed by atoms with E-state index >= 15 is 0 Å². The number of aromatic carboxylic acids is 1. The molecule has 3 N–H and O–H groups in total. The fraction of sp³-hybridized carbons (Fsp3) is 0.286. The fourth-order valence-corrected chi connectivity index (χ4v) is 0.527. The van der Waals surface area contributed by atoms with E-state index in [-0.39, 0.29) is 11.3 Å². The number of carboxylic acids is 1. The van der Waals surface area contributed by atoms with E-state index in [0.717, 1.165) is 6.20 Å². The SMILES string of the molecule is C[NH2+]C.N#Cc1cn[nH]c1C(=O)[O-]. The van der Waals surface area contributed by atoms with Gasteiger partial charge in [-0.25, -0.2) is 0 Å². The lowest BCUT2D eigenvalue weighted by molar-refractivity contribution is -0.597. The van der Waals surface area contributed by atoms with E-state index in [9.17, 15) is 9.90 Å². The summed E-state index contributed by atoms with van der Waals surface area (Å²) in [7, 11) is 4.00. The molecule has 0 unspecified atom stereocenters. The predicted octanol–water partition coefficient (Wildman–Crippen LogP) is -2.55. The average Bonchev–Trinajstić information content (AvgIpc) is 2.52. The molecule has 1 rings (SSSR count). The Hall–Kier alpha value is -1.87. The maximum Gasteiger partial charge on any atom is 0.103 e. The maximum absolute atomic E-state index is 10.1. The first-order valence-corrected chi connectivity index (χ1v) is 3.56. The molecule has 0 aromatic carbocycles. The van der Waals surface area contributed by atoms with Gasteiger partial charge in [-0.3, -0.25) is 5.10 Å². The van der Waals surface area contributed by atoms with Crippen LogP contribution < -0.4 is 10.4 Å². The first kappa shape index (κ1) is 11.1. The molecule has 0 fully saturated rings. The minimum absolute atomic E-state index is 0.0139. The zero-order valence-electron chi connectivity index (χ0n) is 7.37. The summed E-state index contributed by atoms with van der Waals surface area (Å²) >= 11 is 0. The van der Waals surface area contributed by atoms with E-state index in [1.54, 1.807) is 6.07 Å². The van der Waals surface area contributed by atoms with Crippen LogP contribution in [0.4, 0.5) is 0 Å². The summed E-state index contributed by atoms with van der Waals surface area (Å²) in [6.07, 6.45) is 1.13. The Morgan fingerprint density at radius 3 is 2.62 bits per heavy atom. The van der Waals surface area contributed by atoms with Crippen LogP contribution in [0.15, 0.2) is 6.20 Å². The minimum Gasteiger partial charge on any atom is -0.543 e. The van der Waals surface area contributed by atoms with Crippen molar-refractivity contribution >= 4 is 5.97 Å². The highest BCUT2D eigenvalue weighted by Crippen LogP contribution is 1.99. The summed E-state index contributed by atoms with van der Waals surface area (Å²) in [5.74, 6) is -1.42. The molecule has 0 bridgehead atoms. The molecule has 13 heavy (non-hydrogen) atoms. The van der Waals surface area contributed by atoms with E-state index in [0.29, 0.717) is 0 Å². The van der Waals surface area contributed by atoms with Gasteiger partial charge in [0.25, 0.3) is 0 Å². The lowest BCUT2D eigenvalue weighted by Gasteiger charge is -1.94. The number of carbonyl (C=O) groups excluding carboxylic acids is 1. The van der Waals surface area contributed by atoms with E-state index in [1.807, 2.05) is 19.4 Å². The van der Waals surface area contributed by atoms with Crippen molar-refractivity contribution in [1.82, 2.24) is 10.2 Å². The molecule has 0 spiro atoms. The van der Waals surface area contributed by atoms with Crippen molar-refractivity contribution in [3.63, 3.8) is 0 Å². The lowest BCUT2D eigenvalue weighted by atomic mass is 10.3. The molecule has 1 aromatic rings. The fourth-order valence-electron chi connectivity index (χ4n) is 0.527. The van der Waals surface area contributed by atoms with Crippen molar-refractivity contribution < 1.29 is 15.2 Å². The number of aromatic amines is 1.